The summed E-state index contributed by atoms with van der Waals surface area (Å²) in [6.45, 7) is 4.19. The van der Waals surface area contributed by atoms with Gasteiger partial charge in [-0.3, -0.25) is 4.90 Å². The molecule has 1 aliphatic rings. The molecule has 0 radical (unpaired) electrons. The van der Waals surface area contributed by atoms with E-state index in [9.17, 15) is 5.26 Å². The Bertz CT molecular complexity index is 380. The first-order valence-corrected chi connectivity index (χ1v) is 6.52. The molecule has 0 amide bonds. The molecule has 1 aromatic rings. The lowest BCUT2D eigenvalue weighted by Gasteiger charge is -2.29. The average Bonchev–Trinajstić information content (AvgIpc) is 2.85. The van der Waals surface area contributed by atoms with Crippen LogP contribution in [0.2, 0.25) is 0 Å². The van der Waals surface area contributed by atoms with Crippen molar-refractivity contribution < 1.29 is 0 Å². The summed E-state index contributed by atoms with van der Waals surface area (Å²) < 4.78 is 0. The molecule has 1 fully saturated rings. The average molecular weight is 228 g/mol. The molecule has 0 aliphatic heterocycles. The van der Waals surface area contributed by atoms with E-state index in [1.165, 1.54) is 18.4 Å². The van der Waals surface area contributed by atoms with Crippen molar-refractivity contribution in [2.45, 2.75) is 38.8 Å². The number of nitriles is 1. The van der Waals surface area contributed by atoms with Gasteiger partial charge in [0, 0.05) is 12.6 Å². The van der Waals surface area contributed by atoms with Crippen molar-refractivity contribution in [2.24, 2.45) is 5.92 Å². The van der Waals surface area contributed by atoms with E-state index in [0.717, 1.165) is 19.5 Å². The molecule has 2 atom stereocenters. The number of hydrogen-bond donors (Lipinski definition) is 0. The Balaban J connectivity index is 2.04. The maximum absolute atomic E-state index is 9.17. The molecule has 2 heteroatoms. The first-order valence-electron chi connectivity index (χ1n) is 6.52. The van der Waals surface area contributed by atoms with Gasteiger partial charge in [0.2, 0.25) is 0 Å². The lowest BCUT2D eigenvalue weighted by Crippen LogP contribution is -2.36. The predicted molar refractivity (Wildman–Crippen MR) is 69.3 cm³/mol. The highest BCUT2D eigenvalue weighted by Gasteiger charge is 2.31. The summed E-state index contributed by atoms with van der Waals surface area (Å²) in [5.41, 5.74) is 1.35. The van der Waals surface area contributed by atoms with Crippen molar-refractivity contribution in [3.63, 3.8) is 0 Å². The molecule has 2 nitrogen and oxygen atoms in total. The first-order chi connectivity index (χ1) is 8.35. The lowest BCUT2D eigenvalue weighted by molar-refractivity contribution is 0.178. The van der Waals surface area contributed by atoms with Gasteiger partial charge in [-0.15, -0.1) is 0 Å². The number of hydrogen-bond acceptors (Lipinski definition) is 2. The zero-order valence-corrected chi connectivity index (χ0v) is 10.5. The van der Waals surface area contributed by atoms with E-state index in [4.69, 9.17) is 0 Å². The van der Waals surface area contributed by atoms with Crippen LogP contribution in [0.1, 0.15) is 31.7 Å². The van der Waals surface area contributed by atoms with E-state index >= 15 is 0 Å². The second kappa shape index (κ2) is 5.84. The van der Waals surface area contributed by atoms with Crippen LogP contribution in [0.4, 0.5) is 0 Å². The van der Waals surface area contributed by atoms with E-state index in [2.05, 4.69) is 42.2 Å². The van der Waals surface area contributed by atoms with Crippen LogP contribution in [0.15, 0.2) is 30.3 Å². The monoisotopic (exact) mass is 228 g/mol. The molecule has 0 aromatic heterocycles. The van der Waals surface area contributed by atoms with Gasteiger partial charge in [0.05, 0.1) is 12.0 Å². The van der Waals surface area contributed by atoms with Gasteiger partial charge in [0.1, 0.15) is 0 Å². The molecule has 0 heterocycles. The Morgan fingerprint density at radius 2 is 2.06 bits per heavy atom. The van der Waals surface area contributed by atoms with Crippen molar-refractivity contribution in [1.82, 2.24) is 4.90 Å². The minimum absolute atomic E-state index is 0.235. The van der Waals surface area contributed by atoms with Gasteiger partial charge in [-0.1, -0.05) is 43.7 Å². The minimum Gasteiger partial charge on any atom is -0.295 e. The highest BCUT2D eigenvalue weighted by molar-refractivity contribution is 5.15. The van der Waals surface area contributed by atoms with Crippen molar-refractivity contribution in [2.75, 3.05) is 6.54 Å². The fraction of sp³-hybridized carbons (Fsp3) is 0.533. The Kier molecular flexibility index (Phi) is 4.17. The molecule has 90 valence electrons. The Morgan fingerprint density at radius 1 is 1.29 bits per heavy atom. The van der Waals surface area contributed by atoms with Crippen LogP contribution in [-0.4, -0.2) is 17.5 Å². The normalized spacial score (nSPS) is 23.8. The molecule has 17 heavy (non-hydrogen) atoms. The summed E-state index contributed by atoms with van der Waals surface area (Å²) in [5, 5.41) is 9.17. The number of rotatable bonds is 4. The van der Waals surface area contributed by atoms with Crippen LogP contribution in [0.25, 0.3) is 0 Å². The molecule has 0 saturated heterocycles. The van der Waals surface area contributed by atoms with E-state index in [0.29, 0.717) is 6.04 Å². The highest BCUT2D eigenvalue weighted by Crippen LogP contribution is 2.30. The van der Waals surface area contributed by atoms with Crippen LogP contribution in [-0.2, 0) is 6.54 Å². The summed E-state index contributed by atoms with van der Waals surface area (Å²) in [6, 6.07) is 13.5. The maximum atomic E-state index is 9.17. The Hall–Kier alpha value is -1.33. The van der Waals surface area contributed by atoms with Gasteiger partial charge in [0.25, 0.3) is 0 Å². The first kappa shape index (κ1) is 12.1. The maximum Gasteiger partial charge on any atom is 0.0672 e. The summed E-state index contributed by atoms with van der Waals surface area (Å²) in [7, 11) is 0. The largest absolute Gasteiger partial charge is 0.295 e. The summed E-state index contributed by atoms with van der Waals surface area (Å²) in [6.07, 6.45) is 3.46. The summed E-state index contributed by atoms with van der Waals surface area (Å²) >= 11 is 0. The van der Waals surface area contributed by atoms with Crippen molar-refractivity contribution in [1.29, 1.82) is 5.26 Å². The second-order valence-electron chi connectivity index (χ2n) is 4.78. The minimum atomic E-state index is 0.235. The third kappa shape index (κ3) is 2.87. The summed E-state index contributed by atoms with van der Waals surface area (Å²) in [5.74, 6) is 0.235. The quantitative estimate of drug-likeness (QED) is 0.791. The van der Waals surface area contributed by atoms with E-state index in [1.54, 1.807) is 0 Å². The fourth-order valence-corrected chi connectivity index (χ4v) is 2.81. The van der Waals surface area contributed by atoms with Gasteiger partial charge < -0.3 is 0 Å². The predicted octanol–water partition coefficient (Wildman–Crippen LogP) is 3.20. The van der Waals surface area contributed by atoms with Crippen LogP contribution in [0.5, 0.6) is 0 Å². The third-order valence-electron chi connectivity index (χ3n) is 3.75. The summed E-state index contributed by atoms with van der Waals surface area (Å²) in [4.78, 5) is 2.45. The van der Waals surface area contributed by atoms with Crippen LogP contribution in [0.3, 0.4) is 0 Å². The van der Waals surface area contributed by atoms with Gasteiger partial charge in [-0.25, -0.2) is 0 Å². The van der Waals surface area contributed by atoms with Crippen molar-refractivity contribution in [3.8, 4) is 6.07 Å². The molecule has 2 rings (SSSR count). The van der Waals surface area contributed by atoms with Gasteiger partial charge in [-0.05, 0) is 24.9 Å². The zero-order valence-electron chi connectivity index (χ0n) is 10.5. The second-order valence-corrected chi connectivity index (χ2v) is 4.78. The fourth-order valence-electron chi connectivity index (χ4n) is 2.81. The smallest absolute Gasteiger partial charge is 0.0672 e. The molecular weight excluding hydrogens is 208 g/mol. The van der Waals surface area contributed by atoms with Gasteiger partial charge in [-0.2, -0.15) is 5.26 Å². The van der Waals surface area contributed by atoms with Crippen molar-refractivity contribution >= 4 is 0 Å². The molecular formula is C15H20N2. The number of nitrogens with zero attached hydrogens (tertiary/aromatic N) is 2. The molecule has 0 N–H and O–H groups in total. The molecule has 1 aromatic carbocycles. The molecule has 1 saturated carbocycles. The molecule has 0 bridgehead atoms. The van der Waals surface area contributed by atoms with Crippen LogP contribution in [0, 0.1) is 17.2 Å². The molecule has 1 aliphatic carbocycles. The Labute approximate surface area is 104 Å². The van der Waals surface area contributed by atoms with Crippen LogP contribution < -0.4 is 0 Å². The van der Waals surface area contributed by atoms with Gasteiger partial charge >= 0.3 is 0 Å². The van der Waals surface area contributed by atoms with E-state index in [1.807, 2.05) is 6.07 Å². The van der Waals surface area contributed by atoms with E-state index < -0.39 is 0 Å². The Morgan fingerprint density at radius 3 is 2.71 bits per heavy atom. The molecule has 2 unspecified atom stereocenters. The van der Waals surface area contributed by atoms with Crippen molar-refractivity contribution in [3.05, 3.63) is 35.9 Å². The molecule has 0 spiro atoms. The third-order valence-corrected chi connectivity index (χ3v) is 3.75. The zero-order chi connectivity index (χ0) is 12.1. The standard InChI is InChI=1S/C15H20N2/c1-2-17(12-13-7-4-3-5-8-13)15-10-6-9-14(15)11-16/h3-5,7-8,14-15H,2,6,9-10,12H2,1H3. The lowest BCUT2D eigenvalue weighted by atomic mass is 10.0. The van der Waals surface area contributed by atoms with Gasteiger partial charge in [0.15, 0.2) is 0 Å². The highest BCUT2D eigenvalue weighted by atomic mass is 15.2. The SMILES string of the molecule is CCN(Cc1ccccc1)C1CCCC1C#N. The number of benzene rings is 1. The topological polar surface area (TPSA) is 27.0 Å². The van der Waals surface area contributed by atoms with Crippen LogP contribution >= 0.6 is 0 Å². The van der Waals surface area contributed by atoms with E-state index in [-0.39, 0.29) is 5.92 Å².